The van der Waals surface area contributed by atoms with Gasteiger partial charge in [0, 0.05) is 64.3 Å². The van der Waals surface area contributed by atoms with E-state index in [0.29, 0.717) is 28.5 Å². The van der Waals surface area contributed by atoms with E-state index in [1.54, 1.807) is 23.5 Å². The molecule has 8 aromatic carbocycles. The van der Waals surface area contributed by atoms with Crippen LogP contribution in [0.5, 0.6) is 0 Å². The monoisotopic (exact) mass is 821 g/mol. The van der Waals surface area contributed by atoms with E-state index >= 15 is 0 Å². The van der Waals surface area contributed by atoms with Crippen LogP contribution in [0.1, 0.15) is 13.7 Å². The molecule has 12 rings (SSSR count). The quantitative estimate of drug-likeness (QED) is 0.159. The highest BCUT2D eigenvalue weighted by Crippen LogP contribution is 2.41. The lowest BCUT2D eigenvalue weighted by Gasteiger charge is -2.16. The van der Waals surface area contributed by atoms with Gasteiger partial charge >= 0.3 is 0 Å². The zero-order chi connectivity index (χ0) is 49.7. The van der Waals surface area contributed by atoms with Gasteiger partial charge in [-0.15, -0.1) is 11.3 Å². The van der Waals surface area contributed by atoms with Gasteiger partial charge in [0.1, 0.15) is 0 Å². The standard InChI is InChI=1S/C54H33N7S/c1-4-17-34(18-5-1)49-55-50(35-19-6-2-7-20-35)57-52(56-49)37-31-32-46(61-44-28-13-10-23-38(44)39-24-11-14-29-45(39)61)43(33-37)54-59-51(36-21-8-3-9-22-36)58-53(60-54)42-27-16-26-41-40-25-12-15-30-47(40)62-48(41)42/h1-33H/i1D,2D,4D,5D,6D,7D,17D,18D,19D,20D. The first kappa shape index (κ1) is 26.8. The zero-order valence-electron chi connectivity index (χ0n) is 42.3. The summed E-state index contributed by atoms with van der Waals surface area (Å²) < 4.78 is 90.4. The van der Waals surface area contributed by atoms with E-state index in [1.807, 2.05) is 97.1 Å². The number of fused-ring (bicyclic) bond motifs is 6. The van der Waals surface area contributed by atoms with Gasteiger partial charge in [-0.1, -0.05) is 157 Å². The van der Waals surface area contributed by atoms with Gasteiger partial charge in [0.05, 0.1) is 30.4 Å². The lowest BCUT2D eigenvalue weighted by atomic mass is 10.0. The van der Waals surface area contributed by atoms with Crippen molar-refractivity contribution in [1.82, 2.24) is 34.5 Å². The van der Waals surface area contributed by atoms with Crippen LogP contribution in [0.25, 0.3) is 116 Å². The number of hydrogen-bond acceptors (Lipinski definition) is 7. The van der Waals surface area contributed by atoms with Crippen LogP contribution in [0.4, 0.5) is 0 Å². The van der Waals surface area contributed by atoms with Gasteiger partial charge in [-0.3, -0.25) is 0 Å². The number of aromatic nitrogens is 7. The maximum atomic E-state index is 8.90. The number of nitrogens with zero attached hydrogens (tertiary/aromatic N) is 7. The smallest absolute Gasteiger partial charge is 0.166 e. The largest absolute Gasteiger partial charge is 0.309 e. The normalized spacial score (nSPS) is 13.8. The van der Waals surface area contributed by atoms with Crippen molar-refractivity contribution in [3.05, 3.63) is 200 Å². The van der Waals surface area contributed by atoms with E-state index in [-0.39, 0.29) is 34.4 Å². The van der Waals surface area contributed by atoms with Crippen LogP contribution in [-0.4, -0.2) is 34.5 Å². The lowest BCUT2D eigenvalue weighted by molar-refractivity contribution is 1.06. The minimum Gasteiger partial charge on any atom is -0.309 e. The number of hydrogen-bond donors (Lipinski definition) is 0. The first-order valence-corrected chi connectivity index (χ1v) is 20.5. The summed E-state index contributed by atoms with van der Waals surface area (Å²) in [5.74, 6) is 0.243. The minimum atomic E-state index is -0.638. The zero-order valence-corrected chi connectivity index (χ0v) is 33.1. The van der Waals surface area contributed by atoms with Gasteiger partial charge in [-0.25, -0.2) is 29.9 Å². The van der Waals surface area contributed by atoms with Crippen LogP contribution in [0, 0.1) is 0 Å². The fraction of sp³-hybridized carbons (Fsp3) is 0. The predicted octanol–water partition coefficient (Wildman–Crippen LogP) is 13.5. The number of para-hydroxylation sites is 2. The molecule has 290 valence electrons. The molecule has 12 aromatic rings. The van der Waals surface area contributed by atoms with Crippen molar-refractivity contribution < 1.29 is 13.7 Å². The Labute approximate surface area is 374 Å². The van der Waals surface area contributed by atoms with Crippen LogP contribution in [0.15, 0.2) is 200 Å². The summed E-state index contributed by atoms with van der Waals surface area (Å²) >= 11 is 1.65. The van der Waals surface area contributed by atoms with Crippen molar-refractivity contribution in [2.45, 2.75) is 0 Å². The van der Waals surface area contributed by atoms with E-state index in [4.69, 9.17) is 38.6 Å². The second-order valence-electron chi connectivity index (χ2n) is 14.4. The molecule has 7 nitrogen and oxygen atoms in total. The van der Waals surface area contributed by atoms with Gasteiger partial charge < -0.3 is 4.57 Å². The molecule has 0 radical (unpaired) electrons. The summed E-state index contributed by atoms with van der Waals surface area (Å²) in [6, 6.07) is 39.2. The summed E-state index contributed by atoms with van der Waals surface area (Å²) in [4.78, 5) is 29.7. The number of rotatable bonds is 7. The van der Waals surface area contributed by atoms with E-state index in [2.05, 4.69) is 39.9 Å². The lowest BCUT2D eigenvalue weighted by Crippen LogP contribution is -2.05. The highest BCUT2D eigenvalue weighted by Gasteiger charge is 2.23. The molecule has 0 fully saturated rings. The average Bonchev–Trinajstić information content (AvgIpc) is 3.97. The molecule has 0 unspecified atom stereocenters. The molecular formula is C54H33N7S. The van der Waals surface area contributed by atoms with Crippen LogP contribution in [0.3, 0.4) is 0 Å². The molecule has 0 saturated carbocycles. The molecule has 0 amide bonds. The fourth-order valence-corrected chi connectivity index (χ4v) is 9.15. The summed E-state index contributed by atoms with van der Waals surface area (Å²) in [5.41, 5.74) is 4.07. The average molecular weight is 822 g/mol. The predicted molar refractivity (Wildman–Crippen MR) is 253 cm³/mol. The van der Waals surface area contributed by atoms with Gasteiger partial charge in [-0.2, -0.15) is 0 Å². The third-order valence-electron chi connectivity index (χ3n) is 10.7. The van der Waals surface area contributed by atoms with E-state index < -0.39 is 60.4 Å². The Morgan fingerprint density at radius 2 is 0.871 bits per heavy atom. The summed E-state index contributed by atoms with van der Waals surface area (Å²) in [6.45, 7) is 0. The Bertz CT molecular complexity index is 4060. The molecule has 4 heterocycles. The maximum absolute atomic E-state index is 8.90. The second kappa shape index (κ2) is 14.8. The molecule has 8 heteroatoms. The second-order valence-corrected chi connectivity index (χ2v) is 15.4. The Kier molecular flexibility index (Phi) is 6.40. The van der Waals surface area contributed by atoms with Gasteiger partial charge in [0.25, 0.3) is 0 Å². The molecule has 4 aromatic heterocycles. The first-order chi connectivity index (χ1) is 34.9. The van der Waals surface area contributed by atoms with Crippen LogP contribution < -0.4 is 0 Å². The minimum absolute atomic E-state index is 0.101. The molecule has 62 heavy (non-hydrogen) atoms. The highest BCUT2D eigenvalue weighted by atomic mass is 32.1. The van der Waals surface area contributed by atoms with Gasteiger partial charge in [0.15, 0.2) is 34.9 Å². The molecule has 0 atom stereocenters. The van der Waals surface area contributed by atoms with Crippen LogP contribution in [-0.2, 0) is 0 Å². The maximum Gasteiger partial charge on any atom is 0.166 e. The fourth-order valence-electron chi connectivity index (χ4n) is 7.94. The van der Waals surface area contributed by atoms with E-state index in [0.717, 1.165) is 53.1 Å². The van der Waals surface area contributed by atoms with Crippen molar-refractivity contribution in [2.24, 2.45) is 0 Å². The van der Waals surface area contributed by atoms with E-state index in [1.165, 1.54) is 0 Å². The van der Waals surface area contributed by atoms with Crippen molar-refractivity contribution in [3.63, 3.8) is 0 Å². The molecular weight excluding hydrogens is 779 g/mol. The topological polar surface area (TPSA) is 82.3 Å². The Morgan fingerprint density at radius 3 is 1.53 bits per heavy atom. The molecule has 0 saturated heterocycles. The Hall–Kier alpha value is -8.20. The number of thiophene rings is 1. The molecule has 0 spiro atoms. The Balaban J connectivity index is 1.18. The number of benzene rings is 8. The molecule has 0 aliphatic heterocycles. The molecule has 0 bridgehead atoms. The van der Waals surface area contributed by atoms with Crippen molar-refractivity contribution in [3.8, 4) is 74.0 Å². The summed E-state index contributed by atoms with van der Waals surface area (Å²) in [7, 11) is 0. The van der Waals surface area contributed by atoms with Gasteiger partial charge in [0.2, 0.25) is 0 Å². The molecule has 0 N–H and O–H groups in total. The third kappa shape index (κ3) is 6.12. The third-order valence-corrected chi connectivity index (χ3v) is 11.9. The van der Waals surface area contributed by atoms with Gasteiger partial charge in [-0.05, 0) is 42.5 Å². The van der Waals surface area contributed by atoms with Crippen molar-refractivity contribution >= 4 is 53.3 Å². The summed E-state index contributed by atoms with van der Waals surface area (Å²) in [6.07, 6.45) is 0. The van der Waals surface area contributed by atoms with Crippen molar-refractivity contribution in [2.75, 3.05) is 0 Å². The Morgan fingerprint density at radius 1 is 0.371 bits per heavy atom. The SMILES string of the molecule is [2H]c1c([2H])c([2H])c(-c2nc(-c3ccc(-n4c5ccccc5c5ccccc54)c(-c4nc(-c5ccccc5)nc(-c5cccc6c5sc5ccccc56)n4)c3)nc(-c3c([2H])c([2H])c([2H])c([2H])c3[2H])n2)c([2H])c1[2H]. The first-order valence-electron chi connectivity index (χ1n) is 24.6. The highest BCUT2D eigenvalue weighted by molar-refractivity contribution is 7.26. The molecule has 0 aliphatic rings. The van der Waals surface area contributed by atoms with Crippen LogP contribution in [0.2, 0.25) is 0 Å². The summed E-state index contributed by atoms with van der Waals surface area (Å²) in [5, 5.41) is 4.18. The van der Waals surface area contributed by atoms with Crippen LogP contribution >= 0.6 is 11.3 Å². The molecule has 0 aliphatic carbocycles. The van der Waals surface area contributed by atoms with E-state index in [9.17, 15) is 0 Å². The van der Waals surface area contributed by atoms with Crippen molar-refractivity contribution in [1.29, 1.82) is 0 Å².